The van der Waals surface area contributed by atoms with Gasteiger partial charge in [-0.05, 0) is 25.9 Å². The molecule has 0 aromatic heterocycles. The molecule has 1 atom stereocenters. The standard InChI is InChI=1S/C11H23N3O/c1-9(2)10-8-14(7-5-6-12-3)11(15)13(10)4/h9-10,12H,5-8H2,1-4H3. The zero-order valence-corrected chi connectivity index (χ0v) is 10.3. The first-order chi connectivity index (χ1) is 7.07. The van der Waals surface area contributed by atoms with Crippen LogP contribution >= 0.6 is 0 Å². The zero-order valence-electron chi connectivity index (χ0n) is 10.3. The van der Waals surface area contributed by atoms with E-state index in [2.05, 4.69) is 19.2 Å². The Hall–Kier alpha value is -0.770. The highest BCUT2D eigenvalue weighted by molar-refractivity contribution is 5.76. The van der Waals surface area contributed by atoms with E-state index in [9.17, 15) is 4.79 Å². The van der Waals surface area contributed by atoms with E-state index in [-0.39, 0.29) is 6.03 Å². The number of nitrogens with one attached hydrogen (secondary N) is 1. The normalized spacial score (nSPS) is 21.9. The average molecular weight is 213 g/mol. The Morgan fingerprint density at radius 2 is 2.20 bits per heavy atom. The minimum absolute atomic E-state index is 0.185. The van der Waals surface area contributed by atoms with Crippen molar-refractivity contribution in [3.05, 3.63) is 0 Å². The van der Waals surface area contributed by atoms with Gasteiger partial charge in [0, 0.05) is 20.1 Å². The zero-order chi connectivity index (χ0) is 11.4. The van der Waals surface area contributed by atoms with Crippen molar-refractivity contribution < 1.29 is 4.79 Å². The van der Waals surface area contributed by atoms with Gasteiger partial charge in [-0.1, -0.05) is 13.8 Å². The fourth-order valence-corrected chi connectivity index (χ4v) is 2.08. The van der Waals surface area contributed by atoms with Gasteiger partial charge in [0.25, 0.3) is 0 Å². The van der Waals surface area contributed by atoms with Gasteiger partial charge in [0.2, 0.25) is 0 Å². The molecule has 0 bridgehead atoms. The Balaban J connectivity index is 2.44. The summed E-state index contributed by atoms with van der Waals surface area (Å²) in [5.74, 6) is 0.535. The molecule has 1 saturated heterocycles. The molecule has 15 heavy (non-hydrogen) atoms. The molecule has 88 valence electrons. The van der Waals surface area contributed by atoms with Crippen LogP contribution in [0.4, 0.5) is 4.79 Å². The topological polar surface area (TPSA) is 35.6 Å². The minimum atomic E-state index is 0.185. The summed E-state index contributed by atoms with van der Waals surface area (Å²) < 4.78 is 0. The largest absolute Gasteiger partial charge is 0.323 e. The Labute approximate surface area is 92.6 Å². The SMILES string of the molecule is CNCCCN1CC(C(C)C)N(C)C1=O. The fraction of sp³-hybridized carbons (Fsp3) is 0.909. The smallest absolute Gasteiger partial charge is 0.320 e. The van der Waals surface area contributed by atoms with Gasteiger partial charge in [0.15, 0.2) is 0 Å². The van der Waals surface area contributed by atoms with Crippen LogP contribution in [0.1, 0.15) is 20.3 Å². The third-order valence-corrected chi connectivity index (χ3v) is 3.10. The molecule has 1 aliphatic heterocycles. The van der Waals surface area contributed by atoms with E-state index in [1.165, 1.54) is 0 Å². The summed E-state index contributed by atoms with van der Waals surface area (Å²) in [6.45, 7) is 7.07. The summed E-state index contributed by atoms with van der Waals surface area (Å²) in [5, 5.41) is 3.10. The molecule has 0 spiro atoms. The highest BCUT2D eigenvalue weighted by Gasteiger charge is 2.35. The van der Waals surface area contributed by atoms with Crippen LogP contribution in [0.2, 0.25) is 0 Å². The van der Waals surface area contributed by atoms with E-state index in [4.69, 9.17) is 0 Å². The molecule has 0 radical (unpaired) electrons. The van der Waals surface area contributed by atoms with Crippen LogP contribution in [-0.2, 0) is 0 Å². The summed E-state index contributed by atoms with van der Waals surface area (Å²) >= 11 is 0. The number of amides is 2. The van der Waals surface area contributed by atoms with E-state index >= 15 is 0 Å². The lowest BCUT2D eigenvalue weighted by atomic mass is 10.0. The quantitative estimate of drug-likeness (QED) is 0.691. The van der Waals surface area contributed by atoms with Gasteiger partial charge in [-0.3, -0.25) is 0 Å². The van der Waals surface area contributed by atoms with Gasteiger partial charge >= 0.3 is 6.03 Å². The maximum atomic E-state index is 11.8. The number of likely N-dealkylation sites (N-methyl/N-ethyl adjacent to an activating group) is 1. The van der Waals surface area contributed by atoms with Crippen LogP contribution < -0.4 is 5.32 Å². The van der Waals surface area contributed by atoms with Gasteiger partial charge in [-0.2, -0.15) is 0 Å². The predicted octanol–water partition coefficient (Wildman–Crippen LogP) is 0.988. The number of carbonyl (C=O) groups excluding carboxylic acids is 1. The van der Waals surface area contributed by atoms with Crippen molar-refractivity contribution in [2.24, 2.45) is 5.92 Å². The predicted molar refractivity (Wildman–Crippen MR) is 61.9 cm³/mol. The lowest BCUT2D eigenvalue weighted by Gasteiger charge is -2.20. The van der Waals surface area contributed by atoms with Crippen LogP contribution in [0.5, 0.6) is 0 Å². The first kappa shape index (κ1) is 12.3. The Kier molecular flexibility index (Phi) is 4.39. The van der Waals surface area contributed by atoms with Crippen molar-refractivity contribution in [1.82, 2.24) is 15.1 Å². The van der Waals surface area contributed by atoms with Gasteiger partial charge in [-0.15, -0.1) is 0 Å². The number of rotatable bonds is 5. The van der Waals surface area contributed by atoms with Crippen molar-refractivity contribution in [2.75, 3.05) is 33.7 Å². The molecule has 1 fully saturated rings. The molecular formula is C11H23N3O. The van der Waals surface area contributed by atoms with Crippen LogP contribution in [-0.4, -0.2) is 55.6 Å². The molecule has 0 aromatic rings. The number of hydrogen-bond donors (Lipinski definition) is 1. The second kappa shape index (κ2) is 5.35. The average Bonchev–Trinajstić information content (AvgIpc) is 2.46. The summed E-state index contributed by atoms with van der Waals surface area (Å²) in [6, 6.07) is 0.567. The van der Waals surface area contributed by atoms with Crippen molar-refractivity contribution in [1.29, 1.82) is 0 Å². The van der Waals surface area contributed by atoms with Crippen molar-refractivity contribution in [3.8, 4) is 0 Å². The highest BCUT2D eigenvalue weighted by atomic mass is 16.2. The van der Waals surface area contributed by atoms with E-state index in [1.807, 2.05) is 23.9 Å². The molecule has 0 saturated carbocycles. The molecular weight excluding hydrogens is 190 g/mol. The Morgan fingerprint density at radius 3 is 2.67 bits per heavy atom. The maximum Gasteiger partial charge on any atom is 0.320 e. The molecule has 1 unspecified atom stereocenters. The van der Waals surface area contributed by atoms with Crippen molar-refractivity contribution in [2.45, 2.75) is 26.3 Å². The van der Waals surface area contributed by atoms with Gasteiger partial charge in [-0.25, -0.2) is 4.79 Å². The van der Waals surface area contributed by atoms with E-state index in [1.54, 1.807) is 0 Å². The van der Waals surface area contributed by atoms with Gasteiger partial charge in [0.1, 0.15) is 0 Å². The molecule has 0 aliphatic carbocycles. The first-order valence-corrected chi connectivity index (χ1v) is 5.74. The molecule has 2 amide bonds. The van der Waals surface area contributed by atoms with Crippen LogP contribution in [0, 0.1) is 5.92 Å². The lowest BCUT2D eigenvalue weighted by molar-refractivity contribution is 0.191. The second-order valence-corrected chi connectivity index (χ2v) is 4.61. The van der Waals surface area contributed by atoms with Gasteiger partial charge in [0.05, 0.1) is 6.04 Å². The number of urea groups is 1. The Bertz CT molecular complexity index is 218. The Morgan fingerprint density at radius 1 is 1.53 bits per heavy atom. The lowest BCUT2D eigenvalue weighted by Crippen LogP contribution is -2.34. The molecule has 1 rings (SSSR count). The molecule has 4 nitrogen and oxygen atoms in total. The van der Waals surface area contributed by atoms with E-state index < -0.39 is 0 Å². The maximum absolute atomic E-state index is 11.8. The molecule has 1 aliphatic rings. The van der Waals surface area contributed by atoms with Crippen molar-refractivity contribution >= 4 is 6.03 Å². The van der Waals surface area contributed by atoms with Crippen LogP contribution in [0.3, 0.4) is 0 Å². The summed E-state index contributed by atoms with van der Waals surface area (Å²) in [5.41, 5.74) is 0. The highest BCUT2D eigenvalue weighted by Crippen LogP contribution is 2.20. The minimum Gasteiger partial charge on any atom is -0.323 e. The number of hydrogen-bond acceptors (Lipinski definition) is 2. The third kappa shape index (κ3) is 2.84. The van der Waals surface area contributed by atoms with Gasteiger partial charge < -0.3 is 15.1 Å². The molecule has 1 heterocycles. The summed E-state index contributed by atoms with van der Waals surface area (Å²) in [7, 11) is 3.85. The second-order valence-electron chi connectivity index (χ2n) is 4.61. The number of nitrogens with zero attached hydrogens (tertiary/aromatic N) is 2. The molecule has 0 aromatic carbocycles. The third-order valence-electron chi connectivity index (χ3n) is 3.10. The molecule has 4 heteroatoms. The van der Waals surface area contributed by atoms with Crippen LogP contribution in [0.25, 0.3) is 0 Å². The summed E-state index contributed by atoms with van der Waals surface area (Å²) in [4.78, 5) is 15.7. The fourth-order valence-electron chi connectivity index (χ4n) is 2.08. The number of carbonyl (C=O) groups is 1. The molecule has 1 N–H and O–H groups in total. The monoisotopic (exact) mass is 213 g/mol. The first-order valence-electron chi connectivity index (χ1n) is 5.74. The summed E-state index contributed by atoms with van der Waals surface area (Å²) in [6.07, 6.45) is 1.03. The van der Waals surface area contributed by atoms with Crippen molar-refractivity contribution in [3.63, 3.8) is 0 Å². The van der Waals surface area contributed by atoms with E-state index in [0.29, 0.717) is 12.0 Å². The van der Waals surface area contributed by atoms with Crippen LogP contribution in [0.15, 0.2) is 0 Å². The van der Waals surface area contributed by atoms with E-state index in [0.717, 1.165) is 26.1 Å².